The molecule has 0 aliphatic rings. The summed E-state index contributed by atoms with van der Waals surface area (Å²) in [6.45, 7) is 14.4. The van der Waals surface area contributed by atoms with Crippen molar-refractivity contribution in [2.75, 3.05) is 52.5 Å². The zero-order valence-corrected chi connectivity index (χ0v) is 16.8. The lowest BCUT2D eigenvalue weighted by Crippen LogP contribution is -3.12. The van der Waals surface area contributed by atoms with Gasteiger partial charge in [0.05, 0.1) is 26.2 Å². The first-order valence-electron chi connectivity index (χ1n) is 9.91. The van der Waals surface area contributed by atoms with Crippen LogP contribution in [0.4, 0.5) is 0 Å². The Kier molecular flexibility index (Phi) is 11.3. The van der Waals surface area contributed by atoms with Gasteiger partial charge in [0.2, 0.25) is 0 Å². The van der Waals surface area contributed by atoms with Gasteiger partial charge in [0.15, 0.2) is 0 Å². The van der Waals surface area contributed by atoms with Crippen molar-refractivity contribution in [3.05, 3.63) is 24.3 Å². The standard InChI is InChI=1S/C20H36N2O4/c1-5-21(6-2)13-17(23)15-25-19-9-11-20(12-10-19)26-16-18(24)14-22(7-3)8-4/h9-12,17-18,23-24H,5-8,13-16H2,1-4H3/p+2/t17-,18-/m0/s1. The highest BCUT2D eigenvalue weighted by molar-refractivity contribution is 5.31. The highest BCUT2D eigenvalue weighted by Gasteiger charge is 2.14. The van der Waals surface area contributed by atoms with Crippen LogP contribution in [-0.2, 0) is 0 Å². The summed E-state index contributed by atoms with van der Waals surface area (Å²) in [5.74, 6) is 1.41. The van der Waals surface area contributed by atoms with E-state index in [2.05, 4.69) is 27.7 Å². The summed E-state index contributed by atoms with van der Waals surface area (Å²) in [5, 5.41) is 20.1. The summed E-state index contributed by atoms with van der Waals surface area (Å²) in [6.07, 6.45) is -0.947. The van der Waals surface area contributed by atoms with Crippen LogP contribution in [0.1, 0.15) is 27.7 Å². The van der Waals surface area contributed by atoms with Gasteiger partial charge in [0, 0.05) is 0 Å². The van der Waals surface area contributed by atoms with Gasteiger partial charge in [-0.2, -0.15) is 0 Å². The van der Waals surface area contributed by atoms with Gasteiger partial charge in [-0.15, -0.1) is 0 Å². The van der Waals surface area contributed by atoms with Crippen LogP contribution in [0.2, 0.25) is 0 Å². The summed E-state index contributed by atoms with van der Waals surface area (Å²) < 4.78 is 11.3. The lowest BCUT2D eigenvalue weighted by molar-refractivity contribution is -0.899. The van der Waals surface area contributed by atoms with E-state index >= 15 is 0 Å². The van der Waals surface area contributed by atoms with Crippen molar-refractivity contribution in [1.29, 1.82) is 0 Å². The minimum Gasteiger partial charge on any atom is -0.491 e. The molecule has 1 aromatic rings. The topological polar surface area (TPSA) is 67.8 Å². The van der Waals surface area contributed by atoms with Crippen LogP contribution >= 0.6 is 0 Å². The van der Waals surface area contributed by atoms with Gasteiger partial charge in [0.25, 0.3) is 0 Å². The summed E-state index contributed by atoms with van der Waals surface area (Å²) >= 11 is 0. The monoisotopic (exact) mass is 370 g/mol. The number of hydrogen-bond acceptors (Lipinski definition) is 4. The van der Waals surface area contributed by atoms with E-state index in [0.717, 1.165) is 26.2 Å². The molecule has 0 bridgehead atoms. The summed E-state index contributed by atoms with van der Waals surface area (Å²) in [7, 11) is 0. The zero-order valence-electron chi connectivity index (χ0n) is 16.8. The van der Waals surface area contributed by atoms with Crippen molar-refractivity contribution in [2.24, 2.45) is 0 Å². The molecule has 0 aromatic heterocycles. The average Bonchev–Trinajstić information content (AvgIpc) is 2.67. The fraction of sp³-hybridized carbons (Fsp3) is 0.700. The maximum Gasteiger partial charge on any atom is 0.137 e. The van der Waals surface area contributed by atoms with Gasteiger partial charge < -0.3 is 29.5 Å². The van der Waals surface area contributed by atoms with Gasteiger partial charge in [-0.25, -0.2) is 0 Å². The van der Waals surface area contributed by atoms with Crippen molar-refractivity contribution >= 4 is 0 Å². The molecule has 0 aliphatic carbocycles. The maximum atomic E-state index is 10.1. The highest BCUT2D eigenvalue weighted by Crippen LogP contribution is 2.17. The third kappa shape index (κ3) is 8.85. The van der Waals surface area contributed by atoms with E-state index in [1.54, 1.807) is 0 Å². The minimum absolute atomic E-state index is 0.287. The number of ether oxygens (including phenoxy) is 2. The molecule has 0 aliphatic heterocycles. The third-order valence-corrected chi connectivity index (χ3v) is 4.76. The molecule has 1 aromatic carbocycles. The molecule has 6 nitrogen and oxygen atoms in total. The predicted octanol–water partition coefficient (Wildman–Crippen LogP) is -0.985. The summed E-state index contributed by atoms with van der Waals surface area (Å²) in [5.41, 5.74) is 0. The summed E-state index contributed by atoms with van der Waals surface area (Å²) in [6, 6.07) is 7.31. The number of nitrogens with one attached hydrogen (secondary N) is 2. The van der Waals surface area contributed by atoms with Crippen LogP contribution in [-0.4, -0.2) is 74.9 Å². The Hall–Kier alpha value is -1.34. The van der Waals surface area contributed by atoms with Crippen LogP contribution < -0.4 is 19.3 Å². The normalized spacial score (nSPS) is 13.8. The van der Waals surface area contributed by atoms with Gasteiger partial charge in [0.1, 0.15) is 50.0 Å². The Balaban J connectivity index is 2.34. The van der Waals surface area contributed by atoms with E-state index in [4.69, 9.17) is 9.47 Å². The molecule has 0 radical (unpaired) electrons. The van der Waals surface area contributed by atoms with Crippen LogP contribution in [0.3, 0.4) is 0 Å². The molecule has 150 valence electrons. The molecule has 0 amide bonds. The third-order valence-electron chi connectivity index (χ3n) is 4.76. The number of likely N-dealkylation sites (N-methyl/N-ethyl adjacent to an activating group) is 2. The first-order chi connectivity index (χ1) is 12.5. The quantitative estimate of drug-likeness (QED) is 0.340. The highest BCUT2D eigenvalue weighted by atomic mass is 16.5. The predicted molar refractivity (Wildman–Crippen MR) is 103 cm³/mol. The molecular formula is C20H38N2O4+2. The molecule has 0 spiro atoms. The van der Waals surface area contributed by atoms with Crippen molar-refractivity contribution in [3.63, 3.8) is 0 Å². The molecule has 0 fully saturated rings. The Morgan fingerprint density at radius 2 is 1.00 bits per heavy atom. The number of aliphatic hydroxyl groups excluding tert-OH is 2. The lowest BCUT2D eigenvalue weighted by atomic mass is 10.3. The first-order valence-corrected chi connectivity index (χ1v) is 9.91. The number of hydrogen-bond donors (Lipinski definition) is 4. The number of quaternary nitrogens is 2. The second kappa shape index (κ2) is 12.9. The molecule has 0 heterocycles. The molecule has 4 N–H and O–H groups in total. The SMILES string of the molecule is CC[NH+](CC)C[C@H](O)COc1ccc(OC[C@@H](O)C[NH+](CC)CC)cc1. The second-order valence-corrected chi connectivity index (χ2v) is 6.72. The molecule has 2 atom stereocenters. The van der Waals surface area contributed by atoms with Crippen LogP contribution in [0, 0.1) is 0 Å². The van der Waals surface area contributed by atoms with Crippen molar-refractivity contribution < 1.29 is 29.5 Å². The van der Waals surface area contributed by atoms with E-state index in [1.807, 2.05) is 24.3 Å². The molecular weight excluding hydrogens is 332 g/mol. The van der Waals surface area contributed by atoms with Crippen LogP contribution in [0.5, 0.6) is 11.5 Å². The van der Waals surface area contributed by atoms with Crippen molar-refractivity contribution in [1.82, 2.24) is 0 Å². The summed E-state index contributed by atoms with van der Waals surface area (Å²) in [4.78, 5) is 2.71. The van der Waals surface area contributed by atoms with E-state index < -0.39 is 12.2 Å². The largest absolute Gasteiger partial charge is 0.491 e. The molecule has 0 unspecified atom stereocenters. The fourth-order valence-corrected chi connectivity index (χ4v) is 2.88. The number of benzene rings is 1. The lowest BCUT2D eigenvalue weighted by Gasteiger charge is -2.20. The molecule has 0 saturated carbocycles. The molecule has 6 heteroatoms. The number of aliphatic hydroxyl groups is 2. The number of rotatable bonds is 14. The molecule has 26 heavy (non-hydrogen) atoms. The minimum atomic E-state index is -0.474. The van der Waals surface area contributed by atoms with E-state index in [9.17, 15) is 10.2 Å². The fourth-order valence-electron chi connectivity index (χ4n) is 2.88. The van der Waals surface area contributed by atoms with E-state index in [0.29, 0.717) is 24.6 Å². The van der Waals surface area contributed by atoms with E-state index in [1.165, 1.54) is 9.80 Å². The maximum absolute atomic E-state index is 10.1. The van der Waals surface area contributed by atoms with Crippen LogP contribution in [0.25, 0.3) is 0 Å². The van der Waals surface area contributed by atoms with Crippen molar-refractivity contribution in [3.8, 4) is 11.5 Å². The zero-order chi connectivity index (χ0) is 19.4. The first kappa shape index (κ1) is 22.7. The van der Waals surface area contributed by atoms with Gasteiger partial charge >= 0.3 is 0 Å². The van der Waals surface area contributed by atoms with Gasteiger partial charge in [-0.05, 0) is 52.0 Å². The van der Waals surface area contributed by atoms with Crippen molar-refractivity contribution in [2.45, 2.75) is 39.9 Å². The molecule has 0 saturated heterocycles. The second-order valence-electron chi connectivity index (χ2n) is 6.72. The van der Waals surface area contributed by atoms with Gasteiger partial charge in [-0.1, -0.05) is 0 Å². The molecule has 1 rings (SSSR count). The Morgan fingerprint density at radius 1 is 0.692 bits per heavy atom. The smallest absolute Gasteiger partial charge is 0.137 e. The Bertz CT molecular complexity index is 418. The van der Waals surface area contributed by atoms with Crippen LogP contribution in [0.15, 0.2) is 24.3 Å². The van der Waals surface area contributed by atoms with Gasteiger partial charge in [-0.3, -0.25) is 0 Å². The Morgan fingerprint density at radius 3 is 1.27 bits per heavy atom. The van der Waals surface area contributed by atoms with E-state index in [-0.39, 0.29) is 13.2 Å². The average molecular weight is 371 g/mol. The Labute approximate surface area is 158 Å².